The van der Waals surface area contributed by atoms with E-state index in [2.05, 4.69) is 6.92 Å². The van der Waals surface area contributed by atoms with Crippen molar-refractivity contribution in [3.63, 3.8) is 0 Å². The average Bonchev–Trinajstić information content (AvgIpc) is 2.84. The predicted octanol–water partition coefficient (Wildman–Crippen LogP) is 2.77. The summed E-state index contributed by atoms with van der Waals surface area (Å²) in [5.74, 6) is 0.0404. The summed E-state index contributed by atoms with van der Waals surface area (Å²) in [5, 5.41) is 0. The Kier molecular flexibility index (Phi) is 7.18. The molecule has 8 nitrogen and oxygen atoms in total. The van der Waals surface area contributed by atoms with Gasteiger partial charge in [0.25, 0.3) is 0 Å². The Bertz CT molecular complexity index is 1250. The third-order valence-corrected chi connectivity index (χ3v) is 10.2. The van der Waals surface area contributed by atoms with Gasteiger partial charge in [0.1, 0.15) is 16.5 Å². The summed E-state index contributed by atoms with van der Waals surface area (Å²) >= 11 is 0. The highest BCUT2D eigenvalue weighted by atomic mass is 32.2. The average molecular weight is 512 g/mol. The molecule has 0 spiro atoms. The summed E-state index contributed by atoms with van der Waals surface area (Å²) in [6.45, 7) is 3.95. The smallest absolute Gasteiger partial charge is 0.246 e. The third-order valence-electron chi connectivity index (χ3n) is 6.44. The number of anilines is 1. The lowest BCUT2D eigenvalue weighted by Gasteiger charge is -2.36. The summed E-state index contributed by atoms with van der Waals surface area (Å²) in [6.07, 6.45) is 1.85. The number of halogens is 1. The maximum Gasteiger partial charge on any atom is 0.246 e. The van der Waals surface area contributed by atoms with E-state index in [1.165, 1.54) is 33.9 Å². The van der Waals surface area contributed by atoms with Gasteiger partial charge in [-0.25, -0.2) is 21.2 Å². The first-order chi connectivity index (χ1) is 16.1. The van der Waals surface area contributed by atoms with Crippen LogP contribution in [0.3, 0.4) is 0 Å². The van der Waals surface area contributed by atoms with Crippen LogP contribution in [0.1, 0.15) is 19.8 Å². The number of methoxy groups -OCH3 is 1. The number of nitrogens with zero attached hydrogens (tertiary/aromatic N) is 3. The van der Waals surface area contributed by atoms with E-state index in [-0.39, 0.29) is 22.9 Å². The standard InChI is InChI=1S/C23H30FN3O5S2/c1-18-6-5-11-27(17-18)33(28,29)19-9-10-22(32-2)21(16-19)25-12-14-26(15-13-25)34(30,31)23-8-4-3-7-20(23)24/h3-4,7-10,16,18H,5-6,11-15,17H2,1-2H3/t18-/m0/s1. The van der Waals surface area contributed by atoms with Gasteiger partial charge >= 0.3 is 0 Å². The number of sulfonamides is 2. The lowest BCUT2D eigenvalue weighted by molar-refractivity contribution is 0.281. The van der Waals surface area contributed by atoms with Crippen molar-refractivity contribution >= 4 is 25.7 Å². The molecule has 2 heterocycles. The highest BCUT2D eigenvalue weighted by Crippen LogP contribution is 2.34. The zero-order valence-corrected chi connectivity index (χ0v) is 21.0. The predicted molar refractivity (Wildman–Crippen MR) is 128 cm³/mol. The molecular formula is C23H30FN3O5S2. The molecule has 34 heavy (non-hydrogen) atoms. The molecule has 1 atom stereocenters. The van der Waals surface area contributed by atoms with Gasteiger partial charge in [-0.05, 0) is 49.1 Å². The molecule has 0 saturated carbocycles. The molecule has 2 fully saturated rings. The van der Waals surface area contributed by atoms with Crippen LogP contribution in [0, 0.1) is 11.7 Å². The van der Waals surface area contributed by atoms with E-state index in [0.29, 0.717) is 43.5 Å². The Labute approximate surface area is 201 Å². The van der Waals surface area contributed by atoms with Crippen molar-refractivity contribution in [3.8, 4) is 5.75 Å². The topological polar surface area (TPSA) is 87.2 Å². The lowest BCUT2D eigenvalue weighted by atomic mass is 10.0. The van der Waals surface area contributed by atoms with Crippen molar-refractivity contribution in [1.29, 1.82) is 0 Å². The SMILES string of the molecule is COc1ccc(S(=O)(=O)N2CCC[C@H](C)C2)cc1N1CCN(S(=O)(=O)c2ccccc2F)CC1. The lowest BCUT2D eigenvalue weighted by Crippen LogP contribution is -2.49. The van der Waals surface area contributed by atoms with E-state index >= 15 is 0 Å². The molecule has 0 aliphatic carbocycles. The zero-order chi connectivity index (χ0) is 24.5. The summed E-state index contributed by atoms with van der Waals surface area (Å²) in [6, 6.07) is 10.1. The van der Waals surface area contributed by atoms with E-state index in [9.17, 15) is 21.2 Å². The summed E-state index contributed by atoms with van der Waals surface area (Å²) in [7, 11) is -6.11. The largest absolute Gasteiger partial charge is 0.495 e. The first-order valence-corrected chi connectivity index (χ1v) is 14.2. The number of piperazine rings is 1. The second-order valence-corrected chi connectivity index (χ2v) is 12.6. The van der Waals surface area contributed by atoms with E-state index in [1.807, 2.05) is 4.90 Å². The molecule has 0 N–H and O–H groups in total. The molecule has 0 bridgehead atoms. The number of benzene rings is 2. The molecule has 0 radical (unpaired) electrons. The maximum absolute atomic E-state index is 14.1. The van der Waals surface area contributed by atoms with Crippen LogP contribution in [0.15, 0.2) is 52.3 Å². The first-order valence-electron chi connectivity index (χ1n) is 11.3. The molecule has 0 amide bonds. The van der Waals surface area contributed by atoms with Crippen LogP contribution in [-0.4, -0.2) is 71.8 Å². The fourth-order valence-corrected chi connectivity index (χ4v) is 7.66. The molecule has 2 saturated heterocycles. The molecule has 0 unspecified atom stereocenters. The highest BCUT2D eigenvalue weighted by Gasteiger charge is 2.33. The Hall–Kier alpha value is -2.21. The van der Waals surface area contributed by atoms with Gasteiger partial charge in [-0.15, -0.1) is 0 Å². The second kappa shape index (κ2) is 9.80. The Morgan fingerprint density at radius 1 is 0.912 bits per heavy atom. The Morgan fingerprint density at radius 2 is 1.62 bits per heavy atom. The summed E-state index contributed by atoms with van der Waals surface area (Å²) in [5.41, 5.74) is 0.594. The molecule has 2 aliphatic heterocycles. The molecule has 4 rings (SSSR count). The van der Waals surface area contributed by atoms with E-state index in [1.54, 1.807) is 18.2 Å². The van der Waals surface area contributed by atoms with Crippen molar-refractivity contribution in [3.05, 3.63) is 48.3 Å². The molecule has 2 aromatic carbocycles. The number of hydrogen-bond donors (Lipinski definition) is 0. The van der Waals surface area contributed by atoms with Crippen LogP contribution >= 0.6 is 0 Å². The molecule has 11 heteroatoms. The van der Waals surface area contributed by atoms with Crippen LogP contribution in [0.2, 0.25) is 0 Å². The van der Waals surface area contributed by atoms with Gasteiger partial charge < -0.3 is 9.64 Å². The molecule has 2 aromatic rings. The quantitative estimate of drug-likeness (QED) is 0.593. The van der Waals surface area contributed by atoms with E-state index in [0.717, 1.165) is 18.9 Å². The van der Waals surface area contributed by atoms with E-state index < -0.39 is 25.9 Å². The van der Waals surface area contributed by atoms with Gasteiger partial charge in [-0.2, -0.15) is 8.61 Å². The van der Waals surface area contributed by atoms with Gasteiger partial charge in [-0.1, -0.05) is 19.1 Å². The van der Waals surface area contributed by atoms with Crippen LogP contribution in [0.5, 0.6) is 5.75 Å². The number of piperidine rings is 1. The minimum atomic E-state index is -3.97. The maximum atomic E-state index is 14.1. The van der Waals surface area contributed by atoms with Gasteiger partial charge in [-0.3, -0.25) is 0 Å². The molecule has 2 aliphatic rings. The Balaban J connectivity index is 1.56. The van der Waals surface area contributed by atoms with Crippen LogP contribution < -0.4 is 9.64 Å². The summed E-state index contributed by atoms with van der Waals surface area (Å²) < 4.78 is 74.8. The van der Waals surface area contributed by atoms with Gasteiger partial charge in [0.2, 0.25) is 20.0 Å². The van der Waals surface area contributed by atoms with Crippen LogP contribution in [0.25, 0.3) is 0 Å². The first kappa shape index (κ1) is 24.9. The monoisotopic (exact) mass is 511 g/mol. The normalized spacial score (nSPS) is 20.9. The number of hydrogen-bond acceptors (Lipinski definition) is 6. The Morgan fingerprint density at radius 3 is 2.26 bits per heavy atom. The van der Waals surface area contributed by atoms with E-state index in [4.69, 9.17) is 4.74 Å². The molecule has 0 aromatic heterocycles. The van der Waals surface area contributed by atoms with Gasteiger partial charge in [0.15, 0.2) is 0 Å². The number of rotatable bonds is 6. The van der Waals surface area contributed by atoms with Gasteiger partial charge in [0.05, 0.1) is 17.7 Å². The number of ether oxygens (including phenoxy) is 1. The molecular weight excluding hydrogens is 481 g/mol. The third kappa shape index (κ3) is 4.79. The zero-order valence-electron chi connectivity index (χ0n) is 19.4. The van der Waals surface area contributed by atoms with Crippen LogP contribution in [-0.2, 0) is 20.0 Å². The minimum Gasteiger partial charge on any atom is -0.495 e. The van der Waals surface area contributed by atoms with Gasteiger partial charge in [0, 0.05) is 39.3 Å². The van der Waals surface area contributed by atoms with Crippen molar-refractivity contribution in [2.45, 2.75) is 29.6 Å². The van der Waals surface area contributed by atoms with Crippen molar-refractivity contribution in [1.82, 2.24) is 8.61 Å². The van der Waals surface area contributed by atoms with Crippen LogP contribution in [0.4, 0.5) is 10.1 Å². The van der Waals surface area contributed by atoms with Crippen molar-refractivity contribution < 1.29 is 26.0 Å². The highest BCUT2D eigenvalue weighted by molar-refractivity contribution is 7.89. The fraction of sp³-hybridized carbons (Fsp3) is 0.478. The minimum absolute atomic E-state index is 0.139. The second-order valence-electron chi connectivity index (χ2n) is 8.77. The summed E-state index contributed by atoms with van der Waals surface area (Å²) in [4.78, 5) is 1.76. The molecule has 186 valence electrons. The van der Waals surface area contributed by atoms with Crippen molar-refractivity contribution in [2.75, 3.05) is 51.3 Å². The van der Waals surface area contributed by atoms with Crippen molar-refractivity contribution in [2.24, 2.45) is 5.92 Å². The fourth-order valence-electron chi connectivity index (χ4n) is 4.55.